The second-order valence-corrected chi connectivity index (χ2v) is 5.93. The predicted octanol–water partition coefficient (Wildman–Crippen LogP) is 0.763. The van der Waals surface area contributed by atoms with Crippen molar-refractivity contribution >= 4 is 5.91 Å². The van der Waals surface area contributed by atoms with Crippen molar-refractivity contribution in [1.29, 1.82) is 0 Å². The fraction of sp³-hybridized carbons (Fsp3) is 0.929. The normalized spacial score (nSPS) is 25.0. The number of aliphatic hydroxyl groups excluding tert-OH is 1. The molecule has 0 spiro atoms. The molecule has 1 aliphatic heterocycles. The van der Waals surface area contributed by atoms with Crippen molar-refractivity contribution in [2.45, 2.75) is 58.3 Å². The van der Waals surface area contributed by atoms with E-state index in [0.717, 1.165) is 19.4 Å². The molecule has 112 valence electrons. The highest BCUT2D eigenvalue weighted by Gasteiger charge is 2.36. The monoisotopic (exact) mass is 272 g/mol. The lowest BCUT2D eigenvalue weighted by atomic mass is 10.0. The van der Waals surface area contributed by atoms with Crippen molar-refractivity contribution in [1.82, 2.24) is 10.2 Å². The molecule has 1 heterocycles. The molecular weight excluding hydrogens is 244 g/mol. The summed E-state index contributed by atoms with van der Waals surface area (Å²) in [4.78, 5) is 14.2. The molecule has 5 nitrogen and oxygen atoms in total. The number of amides is 1. The van der Waals surface area contributed by atoms with Crippen LogP contribution in [0.15, 0.2) is 0 Å². The third-order valence-corrected chi connectivity index (χ3v) is 3.47. The molecule has 1 amide bonds. The Bertz CT molecular complexity index is 294. The molecule has 1 fully saturated rings. The van der Waals surface area contributed by atoms with E-state index in [0.29, 0.717) is 13.1 Å². The largest absolute Gasteiger partial charge is 0.394 e. The van der Waals surface area contributed by atoms with Gasteiger partial charge >= 0.3 is 0 Å². The van der Waals surface area contributed by atoms with Crippen LogP contribution in [0.3, 0.4) is 0 Å². The van der Waals surface area contributed by atoms with Gasteiger partial charge in [-0.3, -0.25) is 9.69 Å². The highest BCUT2D eigenvalue weighted by atomic mass is 16.5. The number of carbonyl (C=O) groups excluding carboxylic acids is 1. The molecule has 2 unspecified atom stereocenters. The number of morpholine rings is 1. The number of hydrogen-bond donors (Lipinski definition) is 2. The molecule has 0 saturated carbocycles. The number of ether oxygens (including phenoxy) is 1. The van der Waals surface area contributed by atoms with Gasteiger partial charge < -0.3 is 15.2 Å². The molecule has 0 aromatic carbocycles. The molecule has 0 radical (unpaired) electrons. The van der Waals surface area contributed by atoms with Crippen molar-refractivity contribution in [2.75, 3.05) is 26.2 Å². The van der Waals surface area contributed by atoms with Crippen LogP contribution < -0.4 is 5.32 Å². The van der Waals surface area contributed by atoms with Gasteiger partial charge in [-0.1, -0.05) is 13.3 Å². The number of aliphatic hydroxyl groups is 1. The fourth-order valence-corrected chi connectivity index (χ4v) is 2.43. The second kappa shape index (κ2) is 7.22. The summed E-state index contributed by atoms with van der Waals surface area (Å²) < 4.78 is 5.76. The van der Waals surface area contributed by atoms with E-state index in [1.54, 1.807) is 0 Å². The topological polar surface area (TPSA) is 61.8 Å². The van der Waals surface area contributed by atoms with Gasteiger partial charge in [-0.05, 0) is 27.2 Å². The van der Waals surface area contributed by atoms with Gasteiger partial charge in [-0.25, -0.2) is 0 Å². The van der Waals surface area contributed by atoms with E-state index in [9.17, 15) is 9.90 Å². The minimum absolute atomic E-state index is 0.00982. The summed E-state index contributed by atoms with van der Waals surface area (Å²) in [6.45, 7) is 10.0. The summed E-state index contributed by atoms with van der Waals surface area (Å²) in [7, 11) is 0. The Morgan fingerprint density at radius 3 is 2.84 bits per heavy atom. The molecule has 2 N–H and O–H groups in total. The molecule has 0 aromatic rings. The van der Waals surface area contributed by atoms with Crippen LogP contribution in [-0.4, -0.2) is 59.9 Å². The Morgan fingerprint density at radius 1 is 1.58 bits per heavy atom. The highest BCUT2D eigenvalue weighted by Crippen LogP contribution is 2.22. The van der Waals surface area contributed by atoms with E-state index in [2.05, 4.69) is 17.1 Å². The van der Waals surface area contributed by atoms with Crippen LogP contribution in [0.1, 0.15) is 40.5 Å². The van der Waals surface area contributed by atoms with Gasteiger partial charge in [-0.15, -0.1) is 0 Å². The quantitative estimate of drug-likeness (QED) is 0.701. The van der Waals surface area contributed by atoms with E-state index < -0.39 is 0 Å². The van der Waals surface area contributed by atoms with Crippen LogP contribution in [0.5, 0.6) is 0 Å². The minimum atomic E-state index is -0.330. The standard InChI is InChI=1S/C14H28N2O3/c1-5-6-7-15-13(18)11(2)16-8-12(9-17)19-14(3,4)10-16/h11-12,17H,5-10H2,1-4H3,(H,15,18). The maximum atomic E-state index is 12.1. The molecule has 1 aliphatic rings. The van der Waals surface area contributed by atoms with Gasteiger partial charge in [0.15, 0.2) is 0 Å². The Hall–Kier alpha value is -0.650. The summed E-state index contributed by atoms with van der Waals surface area (Å²) in [6, 6.07) is -0.186. The van der Waals surface area contributed by atoms with Crippen LogP contribution in [0, 0.1) is 0 Å². The molecule has 0 aromatic heterocycles. The van der Waals surface area contributed by atoms with E-state index in [1.165, 1.54) is 0 Å². The molecule has 1 rings (SSSR count). The number of rotatable bonds is 6. The molecule has 5 heteroatoms. The Kier molecular flexibility index (Phi) is 6.23. The number of hydrogen-bond acceptors (Lipinski definition) is 4. The van der Waals surface area contributed by atoms with Crippen molar-refractivity contribution in [2.24, 2.45) is 0 Å². The van der Waals surface area contributed by atoms with E-state index in [-0.39, 0.29) is 30.3 Å². The average molecular weight is 272 g/mol. The maximum Gasteiger partial charge on any atom is 0.237 e. The van der Waals surface area contributed by atoms with E-state index in [4.69, 9.17) is 4.74 Å². The SMILES string of the molecule is CCCCNC(=O)C(C)N1CC(CO)OC(C)(C)C1. The second-order valence-electron chi connectivity index (χ2n) is 5.93. The third kappa shape index (κ3) is 5.09. The first-order valence-electron chi connectivity index (χ1n) is 7.20. The first kappa shape index (κ1) is 16.4. The number of nitrogens with zero attached hydrogens (tertiary/aromatic N) is 1. The van der Waals surface area contributed by atoms with E-state index >= 15 is 0 Å². The highest BCUT2D eigenvalue weighted by molar-refractivity contribution is 5.81. The minimum Gasteiger partial charge on any atom is -0.394 e. The summed E-state index contributed by atoms with van der Waals surface area (Å²) in [5.41, 5.74) is -0.330. The van der Waals surface area contributed by atoms with Crippen LogP contribution in [0.25, 0.3) is 0 Å². The summed E-state index contributed by atoms with van der Waals surface area (Å²) in [5, 5.41) is 12.2. The Morgan fingerprint density at radius 2 is 2.26 bits per heavy atom. The zero-order valence-electron chi connectivity index (χ0n) is 12.6. The van der Waals surface area contributed by atoms with Crippen LogP contribution >= 0.6 is 0 Å². The van der Waals surface area contributed by atoms with Crippen LogP contribution in [-0.2, 0) is 9.53 Å². The first-order chi connectivity index (χ1) is 8.89. The first-order valence-corrected chi connectivity index (χ1v) is 7.20. The Labute approximate surface area is 116 Å². The van der Waals surface area contributed by atoms with Crippen LogP contribution in [0.2, 0.25) is 0 Å². The number of carbonyl (C=O) groups is 1. The summed E-state index contributed by atoms with van der Waals surface area (Å²) in [6.07, 6.45) is 1.87. The smallest absolute Gasteiger partial charge is 0.237 e. The van der Waals surface area contributed by atoms with Gasteiger partial charge in [0, 0.05) is 19.6 Å². The average Bonchev–Trinajstić information content (AvgIpc) is 2.36. The molecule has 2 atom stereocenters. The molecule has 19 heavy (non-hydrogen) atoms. The predicted molar refractivity (Wildman–Crippen MR) is 75.0 cm³/mol. The lowest BCUT2D eigenvalue weighted by Gasteiger charge is -2.44. The summed E-state index contributed by atoms with van der Waals surface area (Å²) in [5.74, 6) is 0.0582. The zero-order chi connectivity index (χ0) is 14.5. The molecule has 0 aliphatic carbocycles. The maximum absolute atomic E-state index is 12.1. The molecular formula is C14H28N2O3. The lowest BCUT2D eigenvalue weighted by Crippen LogP contribution is -2.59. The van der Waals surface area contributed by atoms with Gasteiger partial charge in [0.1, 0.15) is 0 Å². The van der Waals surface area contributed by atoms with Gasteiger partial charge in [0.05, 0.1) is 24.4 Å². The van der Waals surface area contributed by atoms with Crippen molar-refractivity contribution in [3.63, 3.8) is 0 Å². The van der Waals surface area contributed by atoms with Crippen molar-refractivity contribution < 1.29 is 14.6 Å². The van der Waals surface area contributed by atoms with Gasteiger partial charge in [0.25, 0.3) is 0 Å². The number of unbranched alkanes of at least 4 members (excludes halogenated alkanes) is 1. The Balaban J connectivity index is 2.54. The van der Waals surface area contributed by atoms with Gasteiger partial charge in [0.2, 0.25) is 5.91 Å². The summed E-state index contributed by atoms with van der Waals surface area (Å²) >= 11 is 0. The van der Waals surface area contributed by atoms with E-state index in [1.807, 2.05) is 20.8 Å². The van der Waals surface area contributed by atoms with Crippen LogP contribution in [0.4, 0.5) is 0 Å². The van der Waals surface area contributed by atoms with Crippen molar-refractivity contribution in [3.8, 4) is 0 Å². The zero-order valence-corrected chi connectivity index (χ0v) is 12.6. The van der Waals surface area contributed by atoms with Gasteiger partial charge in [-0.2, -0.15) is 0 Å². The van der Waals surface area contributed by atoms with Crippen molar-refractivity contribution in [3.05, 3.63) is 0 Å². The molecule has 0 bridgehead atoms. The fourth-order valence-electron chi connectivity index (χ4n) is 2.43. The molecule has 1 saturated heterocycles. The third-order valence-electron chi connectivity index (χ3n) is 3.47. The lowest BCUT2D eigenvalue weighted by molar-refractivity contribution is -0.161. The number of nitrogens with one attached hydrogen (secondary N) is 1.